The molecule has 19 heavy (non-hydrogen) atoms. The van der Waals surface area contributed by atoms with Gasteiger partial charge < -0.3 is 30.4 Å². The minimum atomic E-state index is -0.314. The Labute approximate surface area is 114 Å². The molecule has 2 rings (SSSR count). The van der Waals surface area contributed by atoms with E-state index in [1.165, 1.54) is 0 Å². The van der Waals surface area contributed by atoms with Crippen LogP contribution in [-0.4, -0.2) is 51.1 Å². The molecule has 0 amide bonds. The molecule has 112 valence electrons. The van der Waals surface area contributed by atoms with Crippen molar-refractivity contribution in [3.63, 3.8) is 0 Å². The molecule has 2 aliphatic rings. The number of hydrogen-bond donors (Lipinski definition) is 2. The zero-order chi connectivity index (χ0) is 13.9. The van der Waals surface area contributed by atoms with Crippen LogP contribution in [0.2, 0.25) is 0 Å². The molecule has 1 spiro atoms. The summed E-state index contributed by atoms with van der Waals surface area (Å²) in [7, 11) is 0. The second-order valence-corrected chi connectivity index (χ2v) is 5.63. The Morgan fingerprint density at radius 1 is 0.842 bits per heavy atom. The fraction of sp³-hybridized carbons (Fsp3) is 1.00. The maximum atomic E-state index is 5.92. The van der Waals surface area contributed by atoms with E-state index < -0.39 is 0 Å². The molecule has 0 aromatic rings. The van der Waals surface area contributed by atoms with Crippen molar-refractivity contribution in [3.05, 3.63) is 0 Å². The van der Waals surface area contributed by atoms with Crippen LogP contribution in [0.15, 0.2) is 0 Å². The summed E-state index contributed by atoms with van der Waals surface area (Å²) in [5.41, 5.74) is 11.6. The predicted molar refractivity (Wildman–Crippen MR) is 70.3 cm³/mol. The Hall–Kier alpha value is -0.240. The predicted octanol–water partition coefficient (Wildman–Crippen LogP) is 0.193. The first-order valence-electron chi connectivity index (χ1n) is 7.08. The molecular formula is C13H26N2O4. The van der Waals surface area contributed by atoms with E-state index in [-0.39, 0.29) is 30.1 Å². The first kappa shape index (κ1) is 15.2. The summed E-state index contributed by atoms with van der Waals surface area (Å²) in [4.78, 5) is 0. The van der Waals surface area contributed by atoms with E-state index in [2.05, 4.69) is 0 Å². The molecule has 2 atom stereocenters. The normalized spacial score (nSPS) is 39.2. The van der Waals surface area contributed by atoms with Gasteiger partial charge in [-0.15, -0.1) is 0 Å². The van der Waals surface area contributed by atoms with Gasteiger partial charge in [-0.2, -0.15) is 0 Å². The topological polar surface area (TPSA) is 89.0 Å². The Morgan fingerprint density at radius 2 is 1.16 bits per heavy atom. The number of ether oxygens (including phenoxy) is 4. The van der Waals surface area contributed by atoms with Crippen molar-refractivity contribution in [2.75, 3.05) is 26.4 Å². The molecule has 0 aromatic carbocycles. The minimum absolute atomic E-state index is 0.0796. The molecule has 2 fully saturated rings. The van der Waals surface area contributed by atoms with Crippen molar-refractivity contribution in [2.45, 2.75) is 51.4 Å². The van der Waals surface area contributed by atoms with Gasteiger partial charge >= 0.3 is 0 Å². The first-order valence-corrected chi connectivity index (χ1v) is 7.08. The molecule has 2 heterocycles. The van der Waals surface area contributed by atoms with Crippen molar-refractivity contribution in [2.24, 2.45) is 16.9 Å². The van der Waals surface area contributed by atoms with Gasteiger partial charge in [-0.05, 0) is 12.8 Å². The quantitative estimate of drug-likeness (QED) is 0.761. The van der Waals surface area contributed by atoms with Crippen molar-refractivity contribution in [3.8, 4) is 0 Å². The number of rotatable bonds is 4. The molecular weight excluding hydrogens is 248 g/mol. The van der Waals surface area contributed by atoms with E-state index in [1.807, 2.05) is 13.8 Å². The van der Waals surface area contributed by atoms with Crippen LogP contribution in [0.4, 0.5) is 0 Å². The molecule has 4 N–H and O–H groups in total. The van der Waals surface area contributed by atoms with Gasteiger partial charge in [-0.3, -0.25) is 0 Å². The summed E-state index contributed by atoms with van der Waals surface area (Å²) in [6.07, 6.45) is 1.04. The molecule has 0 unspecified atom stereocenters. The first-order chi connectivity index (χ1) is 9.10. The van der Waals surface area contributed by atoms with Gasteiger partial charge in [0.1, 0.15) is 0 Å². The van der Waals surface area contributed by atoms with E-state index >= 15 is 0 Å². The lowest BCUT2D eigenvalue weighted by Gasteiger charge is -2.45. The van der Waals surface area contributed by atoms with Crippen LogP contribution < -0.4 is 11.5 Å². The van der Waals surface area contributed by atoms with E-state index in [9.17, 15) is 0 Å². The van der Waals surface area contributed by atoms with Crippen molar-refractivity contribution in [1.82, 2.24) is 0 Å². The van der Waals surface area contributed by atoms with Crippen molar-refractivity contribution in [1.29, 1.82) is 0 Å². The maximum Gasteiger partial charge on any atom is 0.172 e. The van der Waals surface area contributed by atoms with Crippen molar-refractivity contribution < 1.29 is 18.9 Å². The van der Waals surface area contributed by atoms with E-state index in [1.54, 1.807) is 0 Å². The average Bonchev–Trinajstić information content (AvgIpc) is 2.47. The maximum absolute atomic E-state index is 5.92. The summed E-state index contributed by atoms with van der Waals surface area (Å²) in [5, 5.41) is 0. The van der Waals surface area contributed by atoms with Gasteiger partial charge in [0.05, 0.1) is 43.9 Å². The zero-order valence-corrected chi connectivity index (χ0v) is 11.8. The molecule has 2 saturated heterocycles. The van der Waals surface area contributed by atoms with Crippen LogP contribution in [0.3, 0.4) is 0 Å². The highest BCUT2D eigenvalue weighted by Gasteiger charge is 2.43. The van der Waals surface area contributed by atoms with E-state index in [0.29, 0.717) is 26.4 Å². The van der Waals surface area contributed by atoms with Gasteiger partial charge in [0.25, 0.3) is 0 Å². The van der Waals surface area contributed by atoms with Gasteiger partial charge in [0.2, 0.25) is 0 Å². The molecule has 0 aliphatic carbocycles. The highest BCUT2D eigenvalue weighted by Crippen LogP contribution is 2.31. The second kappa shape index (κ2) is 6.47. The summed E-state index contributed by atoms with van der Waals surface area (Å²) < 4.78 is 22.8. The van der Waals surface area contributed by atoms with Crippen LogP contribution in [0.25, 0.3) is 0 Å². The van der Waals surface area contributed by atoms with Crippen LogP contribution >= 0.6 is 0 Å². The zero-order valence-electron chi connectivity index (χ0n) is 11.8. The van der Waals surface area contributed by atoms with Gasteiger partial charge in [0.15, 0.2) is 12.6 Å². The highest BCUT2D eigenvalue weighted by molar-refractivity contribution is 4.86. The molecule has 0 bridgehead atoms. The summed E-state index contributed by atoms with van der Waals surface area (Å²) in [6.45, 7) is 6.26. The third-order valence-corrected chi connectivity index (χ3v) is 3.86. The number of hydrogen-bond acceptors (Lipinski definition) is 6. The number of nitrogens with two attached hydrogens (primary N) is 2. The molecule has 2 aliphatic heterocycles. The Bertz CT molecular complexity index is 242. The fourth-order valence-electron chi connectivity index (χ4n) is 2.26. The summed E-state index contributed by atoms with van der Waals surface area (Å²) >= 11 is 0. The molecule has 6 nitrogen and oxygen atoms in total. The lowest BCUT2D eigenvalue weighted by atomic mass is 9.90. The third-order valence-electron chi connectivity index (χ3n) is 3.86. The molecule has 0 saturated carbocycles. The van der Waals surface area contributed by atoms with Gasteiger partial charge in [0, 0.05) is 0 Å². The lowest BCUT2D eigenvalue weighted by Crippen LogP contribution is -2.57. The monoisotopic (exact) mass is 274 g/mol. The van der Waals surface area contributed by atoms with E-state index in [4.69, 9.17) is 30.4 Å². The average molecular weight is 274 g/mol. The second-order valence-electron chi connectivity index (χ2n) is 5.63. The standard InChI is InChI=1S/C13H26N2O4/c1-3-9(14)11-16-5-13(6-17-11)7-18-12(19-8-13)10(15)4-2/h9-12H,3-8,14-15H2,1-2H3/t9-,10-,11?,12?,13?/m0/s1. The Morgan fingerprint density at radius 3 is 1.42 bits per heavy atom. The van der Waals surface area contributed by atoms with Crippen LogP contribution in [0.5, 0.6) is 0 Å². The summed E-state index contributed by atoms with van der Waals surface area (Å²) in [6, 6.07) is -0.159. The lowest BCUT2D eigenvalue weighted by molar-refractivity contribution is -0.308. The largest absolute Gasteiger partial charge is 0.350 e. The van der Waals surface area contributed by atoms with Crippen LogP contribution in [-0.2, 0) is 18.9 Å². The van der Waals surface area contributed by atoms with Crippen molar-refractivity contribution >= 4 is 0 Å². The van der Waals surface area contributed by atoms with E-state index in [0.717, 1.165) is 12.8 Å². The highest BCUT2D eigenvalue weighted by atomic mass is 16.7. The molecule has 0 radical (unpaired) electrons. The minimum Gasteiger partial charge on any atom is -0.350 e. The molecule has 0 aromatic heterocycles. The Balaban J connectivity index is 1.81. The third kappa shape index (κ3) is 3.45. The van der Waals surface area contributed by atoms with Crippen LogP contribution in [0, 0.1) is 5.41 Å². The van der Waals surface area contributed by atoms with Gasteiger partial charge in [-0.1, -0.05) is 13.8 Å². The smallest absolute Gasteiger partial charge is 0.172 e. The Kier molecular flexibility index (Phi) is 5.16. The SMILES string of the molecule is CC[C@H](N)C1OCC2(CO1)COC([C@@H](N)CC)OC2. The van der Waals surface area contributed by atoms with Crippen LogP contribution in [0.1, 0.15) is 26.7 Å². The molecule has 6 heteroatoms. The van der Waals surface area contributed by atoms with Gasteiger partial charge in [-0.25, -0.2) is 0 Å². The summed E-state index contributed by atoms with van der Waals surface area (Å²) in [5.74, 6) is 0. The fourth-order valence-corrected chi connectivity index (χ4v) is 2.26.